The first kappa shape index (κ1) is 13.5. The molecule has 1 aromatic rings. The third kappa shape index (κ3) is 3.80. The van der Waals surface area contributed by atoms with E-state index in [2.05, 4.69) is 13.8 Å². The van der Waals surface area contributed by atoms with Crippen molar-refractivity contribution in [2.24, 2.45) is 5.92 Å². The van der Waals surface area contributed by atoms with Crippen LogP contribution in [0.3, 0.4) is 0 Å². The molecule has 0 aromatic heterocycles. The SMILES string of the molecule is CC(C)C(Cl)Cc1ccc(S(C)(=O)=O)cc1. The lowest BCUT2D eigenvalue weighted by atomic mass is 10.0. The molecular formula is C12H17ClO2S. The quantitative estimate of drug-likeness (QED) is 0.780. The van der Waals surface area contributed by atoms with Crippen LogP contribution in [0.15, 0.2) is 29.2 Å². The Balaban J connectivity index is 2.80. The van der Waals surface area contributed by atoms with Crippen LogP contribution in [-0.4, -0.2) is 20.1 Å². The smallest absolute Gasteiger partial charge is 0.175 e. The maximum atomic E-state index is 11.2. The number of alkyl halides is 1. The zero-order valence-corrected chi connectivity index (χ0v) is 11.3. The second-order valence-corrected chi connectivity index (χ2v) is 6.96. The molecule has 2 nitrogen and oxygen atoms in total. The second-order valence-electron chi connectivity index (χ2n) is 4.38. The second kappa shape index (κ2) is 5.19. The molecule has 1 atom stereocenters. The van der Waals surface area contributed by atoms with Gasteiger partial charge in [0.2, 0.25) is 0 Å². The topological polar surface area (TPSA) is 34.1 Å². The van der Waals surface area contributed by atoms with Crippen LogP contribution < -0.4 is 0 Å². The minimum absolute atomic E-state index is 0.0871. The van der Waals surface area contributed by atoms with Gasteiger partial charge < -0.3 is 0 Å². The Bertz CT molecular complexity index is 435. The fraction of sp³-hybridized carbons (Fsp3) is 0.500. The van der Waals surface area contributed by atoms with Gasteiger partial charge in [-0.15, -0.1) is 11.6 Å². The zero-order valence-electron chi connectivity index (χ0n) is 9.77. The Morgan fingerprint density at radius 1 is 1.19 bits per heavy atom. The van der Waals surface area contributed by atoms with E-state index in [9.17, 15) is 8.42 Å². The Labute approximate surface area is 103 Å². The van der Waals surface area contributed by atoms with Gasteiger partial charge in [-0.3, -0.25) is 0 Å². The molecule has 1 rings (SSSR count). The monoisotopic (exact) mass is 260 g/mol. The van der Waals surface area contributed by atoms with Crippen molar-refractivity contribution in [1.82, 2.24) is 0 Å². The van der Waals surface area contributed by atoms with E-state index in [1.165, 1.54) is 6.26 Å². The van der Waals surface area contributed by atoms with Crippen LogP contribution in [0, 0.1) is 5.92 Å². The molecule has 0 bridgehead atoms. The molecule has 0 aliphatic heterocycles. The molecule has 1 aromatic carbocycles. The third-order valence-electron chi connectivity index (χ3n) is 2.51. The van der Waals surface area contributed by atoms with Crippen LogP contribution in [0.1, 0.15) is 19.4 Å². The molecule has 0 N–H and O–H groups in total. The van der Waals surface area contributed by atoms with E-state index in [0.717, 1.165) is 12.0 Å². The lowest BCUT2D eigenvalue weighted by Gasteiger charge is -2.13. The van der Waals surface area contributed by atoms with E-state index < -0.39 is 9.84 Å². The van der Waals surface area contributed by atoms with E-state index in [-0.39, 0.29) is 5.38 Å². The molecule has 0 aliphatic rings. The summed E-state index contributed by atoms with van der Waals surface area (Å²) < 4.78 is 22.5. The molecule has 0 aliphatic carbocycles. The minimum Gasteiger partial charge on any atom is -0.224 e. The summed E-state index contributed by atoms with van der Waals surface area (Å²) in [4.78, 5) is 0.354. The van der Waals surface area contributed by atoms with Crippen molar-refractivity contribution in [3.8, 4) is 0 Å². The van der Waals surface area contributed by atoms with Gasteiger partial charge in [-0.05, 0) is 30.0 Å². The highest BCUT2D eigenvalue weighted by Crippen LogP contribution is 2.17. The van der Waals surface area contributed by atoms with Gasteiger partial charge in [0.15, 0.2) is 9.84 Å². The molecule has 90 valence electrons. The van der Waals surface area contributed by atoms with Crippen LogP contribution in [0.25, 0.3) is 0 Å². The van der Waals surface area contributed by atoms with Crippen molar-refractivity contribution >= 4 is 21.4 Å². The number of halogens is 1. The number of hydrogen-bond donors (Lipinski definition) is 0. The molecule has 0 heterocycles. The highest BCUT2D eigenvalue weighted by Gasteiger charge is 2.11. The van der Waals surface area contributed by atoms with E-state index in [1.54, 1.807) is 12.1 Å². The number of sulfone groups is 1. The van der Waals surface area contributed by atoms with Crippen LogP contribution in [0.5, 0.6) is 0 Å². The lowest BCUT2D eigenvalue weighted by molar-refractivity contribution is 0.595. The van der Waals surface area contributed by atoms with E-state index in [4.69, 9.17) is 11.6 Å². The number of benzene rings is 1. The van der Waals surface area contributed by atoms with Crippen molar-refractivity contribution in [1.29, 1.82) is 0 Å². The zero-order chi connectivity index (χ0) is 12.3. The normalized spacial score (nSPS) is 14.1. The largest absolute Gasteiger partial charge is 0.224 e. The van der Waals surface area contributed by atoms with Crippen LogP contribution in [0.2, 0.25) is 0 Å². The summed E-state index contributed by atoms with van der Waals surface area (Å²) >= 11 is 6.16. The summed E-state index contributed by atoms with van der Waals surface area (Å²) in [5.74, 6) is 0.413. The van der Waals surface area contributed by atoms with Gasteiger partial charge in [0.1, 0.15) is 0 Å². The Morgan fingerprint density at radius 2 is 1.69 bits per heavy atom. The molecule has 0 spiro atoms. The van der Waals surface area contributed by atoms with Crippen molar-refractivity contribution in [3.63, 3.8) is 0 Å². The van der Waals surface area contributed by atoms with Gasteiger partial charge in [-0.2, -0.15) is 0 Å². The molecule has 4 heteroatoms. The van der Waals surface area contributed by atoms with Crippen LogP contribution >= 0.6 is 11.6 Å². The first-order chi connectivity index (χ1) is 7.30. The number of rotatable bonds is 4. The highest BCUT2D eigenvalue weighted by atomic mass is 35.5. The van der Waals surface area contributed by atoms with Gasteiger partial charge in [0, 0.05) is 11.6 Å². The minimum atomic E-state index is -3.10. The Kier molecular flexibility index (Phi) is 4.39. The summed E-state index contributed by atoms with van der Waals surface area (Å²) in [6.45, 7) is 4.14. The number of hydrogen-bond acceptors (Lipinski definition) is 2. The summed E-state index contributed by atoms with van der Waals surface area (Å²) in [6.07, 6.45) is 1.98. The fourth-order valence-electron chi connectivity index (χ4n) is 1.33. The summed E-state index contributed by atoms with van der Waals surface area (Å²) in [5.41, 5.74) is 1.07. The third-order valence-corrected chi connectivity index (χ3v) is 4.29. The Morgan fingerprint density at radius 3 is 2.06 bits per heavy atom. The molecule has 0 fully saturated rings. The van der Waals surface area contributed by atoms with E-state index >= 15 is 0 Å². The van der Waals surface area contributed by atoms with Gasteiger partial charge >= 0.3 is 0 Å². The molecule has 0 amide bonds. The van der Waals surface area contributed by atoms with Crippen molar-refractivity contribution in [2.75, 3.05) is 6.26 Å². The van der Waals surface area contributed by atoms with E-state index in [1.807, 2.05) is 12.1 Å². The van der Waals surface area contributed by atoms with Crippen LogP contribution in [-0.2, 0) is 16.3 Å². The maximum Gasteiger partial charge on any atom is 0.175 e. The van der Waals surface area contributed by atoms with Crippen LogP contribution in [0.4, 0.5) is 0 Å². The first-order valence-electron chi connectivity index (χ1n) is 5.24. The van der Waals surface area contributed by atoms with Gasteiger partial charge in [0.05, 0.1) is 4.90 Å². The first-order valence-corrected chi connectivity index (χ1v) is 7.56. The lowest BCUT2D eigenvalue weighted by Crippen LogP contribution is -2.11. The maximum absolute atomic E-state index is 11.2. The van der Waals surface area contributed by atoms with Crippen molar-refractivity contribution in [2.45, 2.75) is 30.5 Å². The predicted octanol–water partition coefficient (Wildman–Crippen LogP) is 2.90. The molecular weight excluding hydrogens is 244 g/mol. The average molecular weight is 261 g/mol. The summed E-state index contributed by atoms with van der Waals surface area (Å²) in [6, 6.07) is 6.92. The molecule has 16 heavy (non-hydrogen) atoms. The highest BCUT2D eigenvalue weighted by molar-refractivity contribution is 7.90. The molecule has 1 unspecified atom stereocenters. The molecule has 0 radical (unpaired) electrons. The summed E-state index contributed by atoms with van der Waals surface area (Å²) in [7, 11) is -3.10. The van der Waals surface area contributed by atoms with E-state index in [0.29, 0.717) is 10.8 Å². The van der Waals surface area contributed by atoms with Crippen molar-refractivity contribution in [3.05, 3.63) is 29.8 Å². The average Bonchev–Trinajstić information content (AvgIpc) is 2.17. The van der Waals surface area contributed by atoms with Crippen molar-refractivity contribution < 1.29 is 8.42 Å². The van der Waals surface area contributed by atoms with Gasteiger partial charge in [-0.25, -0.2) is 8.42 Å². The fourth-order valence-corrected chi connectivity index (χ4v) is 2.14. The summed E-state index contributed by atoms with van der Waals surface area (Å²) in [5, 5.41) is 0.0871. The molecule has 0 saturated carbocycles. The predicted molar refractivity (Wildman–Crippen MR) is 67.7 cm³/mol. The van der Waals surface area contributed by atoms with Gasteiger partial charge in [-0.1, -0.05) is 26.0 Å². The molecule has 0 saturated heterocycles. The Hall–Kier alpha value is -0.540. The van der Waals surface area contributed by atoms with Gasteiger partial charge in [0.25, 0.3) is 0 Å². The standard InChI is InChI=1S/C12H17ClO2S/c1-9(2)12(13)8-10-4-6-11(7-5-10)16(3,14)15/h4-7,9,12H,8H2,1-3H3.